The van der Waals surface area contributed by atoms with Gasteiger partial charge in [0, 0.05) is 17.5 Å². The minimum atomic E-state index is -1.23. The second-order valence-corrected chi connectivity index (χ2v) is 11.8. The maximum Gasteiger partial charge on any atom is 2.00 e. The average Bonchev–Trinajstić information content (AvgIpc) is 3.76. The van der Waals surface area contributed by atoms with Gasteiger partial charge in [0.1, 0.15) is 12.2 Å². The van der Waals surface area contributed by atoms with Gasteiger partial charge in [0.2, 0.25) is 0 Å². The van der Waals surface area contributed by atoms with E-state index >= 15 is 0 Å². The van der Waals surface area contributed by atoms with E-state index in [-0.39, 0.29) is 53.1 Å². The van der Waals surface area contributed by atoms with Crippen LogP contribution in [0.3, 0.4) is 0 Å². The van der Waals surface area contributed by atoms with Crippen molar-refractivity contribution in [3.05, 3.63) is 83.6 Å². The summed E-state index contributed by atoms with van der Waals surface area (Å²) in [6.07, 6.45) is 7.56. The molecule has 6 rings (SSSR count). The van der Waals surface area contributed by atoms with Crippen molar-refractivity contribution in [3.63, 3.8) is 0 Å². The number of methoxy groups -OCH3 is 2. The molecule has 11 heteroatoms. The number of aldehydes is 1. The second kappa shape index (κ2) is 12.6. The summed E-state index contributed by atoms with van der Waals surface area (Å²) in [7, 11) is 2.59. The van der Waals surface area contributed by atoms with Crippen molar-refractivity contribution in [1.82, 2.24) is 15.0 Å². The molecule has 0 spiro atoms. The van der Waals surface area contributed by atoms with Crippen molar-refractivity contribution in [2.24, 2.45) is 17.8 Å². The molecule has 0 amide bonds. The molecule has 3 atom stereocenters. The molecule has 0 radical (unpaired) electrons. The van der Waals surface area contributed by atoms with E-state index in [0.29, 0.717) is 85.5 Å². The topological polar surface area (TPSA) is 143 Å². The molecule has 1 saturated heterocycles. The van der Waals surface area contributed by atoms with Gasteiger partial charge >= 0.3 is 35.0 Å². The molecule has 5 heterocycles. The van der Waals surface area contributed by atoms with E-state index < -0.39 is 11.9 Å². The average molecular weight is 631 g/mol. The minimum Gasteiger partial charge on any atom is -0.664 e. The Bertz CT molecular complexity index is 1990. The summed E-state index contributed by atoms with van der Waals surface area (Å²) < 4.78 is 10.1. The molecule has 3 aromatic heterocycles. The maximum absolute atomic E-state index is 14.0. The van der Waals surface area contributed by atoms with Crippen molar-refractivity contribution >= 4 is 70.9 Å². The predicted molar refractivity (Wildman–Crippen MR) is 172 cm³/mol. The summed E-state index contributed by atoms with van der Waals surface area (Å²) >= 11 is 0. The molecule has 0 aromatic carbocycles. The molecule has 3 aromatic rings. The van der Waals surface area contributed by atoms with Crippen LogP contribution in [-0.4, -0.2) is 61.3 Å². The molecule has 0 N–H and O–H groups in total. The number of aromatic nitrogens is 3. The van der Waals surface area contributed by atoms with Crippen LogP contribution in [0.2, 0.25) is 0 Å². The first-order chi connectivity index (χ1) is 21.5. The Morgan fingerprint density at radius 2 is 1.61 bits per heavy atom. The second-order valence-electron chi connectivity index (χ2n) is 11.8. The van der Waals surface area contributed by atoms with Crippen LogP contribution in [0.25, 0.3) is 29.1 Å². The standard InChI is InChI=1S/C35H36N4O6.Mg/c1-8-19-15(2)23-12-27-21(14-40)17(4)22(37-27)11-24-16(3)20(9-10-28(41)44-6)32(38-24)30-31(35(43)45-7)34(42)29-18(5)25(39-33(29)30)13-26(19)36-23;/h11-14,16,20,31H,8-10H2,1-7H3,(H2-2,36,37,38,39,40,42);/q-2;+2/p-2/b24-11-;/t16-,20-,31+;/m0./s1. The van der Waals surface area contributed by atoms with Crippen LogP contribution in [0.15, 0.2) is 11.4 Å². The van der Waals surface area contributed by atoms with Gasteiger partial charge < -0.3 is 29.7 Å². The fraction of sp³-hybridized carbons (Fsp3) is 0.371. The number of carbonyl (C=O) groups is 4. The number of ketones is 1. The van der Waals surface area contributed by atoms with Crippen LogP contribution < -0.4 is 25.7 Å². The number of hydrogen-bond acceptors (Lipinski definition) is 6. The van der Waals surface area contributed by atoms with E-state index in [1.807, 2.05) is 52.8 Å². The number of rotatable bonds is 6. The number of fused-ring (bicyclic) bond motifs is 7. The van der Waals surface area contributed by atoms with Crippen LogP contribution in [0.5, 0.6) is 0 Å². The normalized spacial score (nSPS) is 23.7. The van der Waals surface area contributed by atoms with Crippen molar-refractivity contribution in [3.8, 4) is 0 Å². The maximum atomic E-state index is 14.0. The van der Waals surface area contributed by atoms with Gasteiger partial charge in [-0.25, -0.2) is 0 Å². The quantitative estimate of drug-likeness (QED) is 0.174. The van der Waals surface area contributed by atoms with E-state index in [9.17, 15) is 19.2 Å². The third-order valence-electron chi connectivity index (χ3n) is 9.55. The fourth-order valence-electron chi connectivity index (χ4n) is 6.92. The van der Waals surface area contributed by atoms with Gasteiger partial charge in [-0.05, 0) is 45.4 Å². The molecule has 2 aliphatic heterocycles. The van der Waals surface area contributed by atoms with Gasteiger partial charge in [-0.15, -0.1) is 33.5 Å². The van der Waals surface area contributed by atoms with Crippen LogP contribution in [0.4, 0.5) is 0 Å². The van der Waals surface area contributed by atoms with E-state index in [1.165, 1.54) is 14.2 Å². The van der Waals surface area contributed by atoms with Gasteiger partial charge in [-0.3, -0.25) is 19.2 Å². The van der Waals surface area contributed by atoms with Gasteiger partial charge in [-0.1, -0.05) is 59.9 Å². The zero-order valence-corrected chi connectivity index (χ0v) is 28.5. The molecule has 8 bridgehead atoms. The van der Waals surface area contributed by atoms with Crippen molar-refractivity contribution in [2.45, 2.75) is 53.9 Å². The Hall–Kier alpha value is -4.09. The largest absolute Gasteiger partial charge is 2.00 e. The smallest absolute Gasteiger partial charge is 0.664 e. The molecule has 0 unspecified atom stereocenters. The number of hydrogen-bond donors (Lipinski definition) is 0. The first-order valence-electron chi connectivity index (χ1n) is 15.1. The number of carbonyl (C=O) groups excluding carboxylic acids is 4. The summed E-state index contributed by atoms with van der Waals surface area (Å²) in [5, 5.41) is 6.46. The van der Waals surface area contributed by atoms with Crippen molar-refractivity contribution in [2.75, 3.05) is 14.2 Å². The Morgan fingerprint density at radius 1 is 0.913 bits per heavy atom. The Kier molecular flexibility index (Phi) is 9.11. The number of Topliss-reactive ketones (excluding diaryl/α,β-unsaturated/α-hetero) is 1. The molecule has 1 aliphatic carbocycles. The molecule has 0 saturated carbocycles. The molecular weight excluding hydrogens is 597 g/mol. The van der Waals surface area contributed by atoms with Gasteiger partial charge in [-0.2, -0.15) is 11.4 Å². The summed E-state index contributed by atoms with van der Waals surface area (Å²) in [6, 6.07) is 0. The SMILES string of the molecule is CCc1c(C)/c2[n-]/c1=C\c1[n-]c3c(c1C)C(=O)[C@H](C(=O)OC)/C3=C1/[N-]/C(=C\c3[n-]c(c(C=O)c3C)\C=2)[C@@H](C)[C@@H]1CCC(=O)OC.[Mg+2]. The molecule has 46 heavy (non-hydrogen) atoms. The van der Waals surface area contributed by atoms with E-state index in [2.05, 4.69) is 0 Å². The summed E-state index contributed by atoms with van der Waals surface area (Å²) in [5.74, 6) is -3.24. The van der Waals surface area contributed by atoms with Gasteiger partial charge in [0.05, 0.1) is 14.2 Å². The van der Waals surface area contributed by atoms with Crippen molar-refractivity contribution in [1.29, 1.82) is 0 Å². The molecule has 10 nitrogen and oxygen atoms in total. The zero-order valence-electron chi connectivity index (χ0n) is 27.1. The summed E-state index contributed by atoms with van der Waals surface area (Å²) in [6.45, 7) is 9.70. The minimum absolute atomic E-state index is 0. The number of allylic oxidation sites excluding steroid dienone is 2. The first-order valence-corrected chi connectivity index (χ1v) is 15.1. The van der Waals surface area contributed by atoms with E-state index in [1.54, 1.807) is 0 Å². The Balaban J connectivity index is 0.00000417. The number of ether oxygens (including phenoxy) is 2. The van der Waals surface area contributed by atoms with Crippen LogP contribution in [0, 0.1) is 38.5 Å². The van der Waals surface area contributed by atoms with E-state index in [0.717, 1.165) is 17.4 Å². The molecular formula is C35H34MgN4O6-2. The first kappa shape index (κ1) is 33.3. The predicted octanol–water partition coefficient (Wildman–Crippen LogP) is 2.78. The van der Waals surface area contributed by atoms with Gasteiger partial charge in [0.25, 0.3) is 0 Å². The Morgan fingerprint density at radius 3 is 2.26 bits per heavy atom. The van der Waals surface area contributed by atoms with Crippen LogP contribution in [-0.2, 0) is 25.5 Å². The monoisotopic (exact) mass is 630 g/mol. The summed E-state index contributed by atoms with van der Waals surface area (Å²) in [5.41, 5.74) is 7.85. The zero-order chi connectivity index (χ0) is 32.3. The van der Waals surface area contributed by atoms with E-state index in [4.69, 9.17) is 29.7 Å². The van der Waals surface area contributed by atoms with Crippen LogP contribution >= 0.6 is 0 Å². The molecule has 1 fully saturated rings. The fourth-order valence-corrected chi connectivity index (χ4v) is 6.92. The van der Waals surface area contributed by atoms with Crippen LogP contribution in [0.1, 0.15) is 92.4 Å². The molecule has 3 aliphatic rings. The van der Waals surface area contributed by atoms with Gasteiger partial charge in [0.15, 0.2) is 5.78 Å². The Labute approximate surface area is 282 Å². The number of esters is 2. The third kappa shape index (κ3) is 5.09. The summed E-state index contributed by atoms with van der Waals surface area (Å²) in [4.78, 5) is 66.5. The number of nitrogens with zero attached hydrogens (tertiary/aromatic N) is 4. The van der Waals surface area contributed by atoms with Crippen molar-refractivity contribution < 1.29 is 28.7 Å². The third-order valence-corrected chi connectivity index (χ3v) is 9.55. The molecule has 234 valence electrons.